The van der Waals surface area contributed by atoms with Gasteiger partial charge in [-0.15, -0.1) is 0 Å². The van der Waals surface area contributed by atoms with Crippen LogP contribution in [0, 0.1) is 0 Å². The summed E-state index contributed by atoms with van der Waals surface area (Å²) < 4.78 is 28.7. The normalized spacial score (nSPS) is 34.0. The summed E-state index contributed by atoms with van der Waals surface area (Å²) in [4.78, 5) is 13.7. The van der Waals surface area contributed by atoms with Gasteiger partial charge in [-0.05, 0) is 38.1 Å². The number of aliphatic hydroxyl groups excluding tert-OH is 5. The van der Waals surface area contributed by atoms with Gasteiger partial charge >= 0.3 is 0 Å². The predicted molar refractivity (Wildman–Crippen MR) is 137 cm³/mol. The van der Waals surface area contributed by atoms with Gasteiger partial charge in [0, 0.05) is 17.7 Å². The van der Waals surface area contributed by atoms with Crippen molar-refractivity contribution in [1.82, 2.24) is 0 Å². The summed E-state index contributed by atoms with van der Waals surface area (Å²) in [5, 5.41) is 81.8. The zero-order valence-corrected chi connectivity index (χ0v) is 21.8. The van der Waals surface area contributed by atoms with Crippen LogP contribution in [-0.4, -0.2) is 102 Å². The molecule has 5 rings (SSSR count). The number of aliphatic hydroxyl groups is 5. The highest BCUT2D eigenvalue weighted by Crippen LogP contribution is 2.38. The Kier molecular flexibility index (Phi) is 7.84. The number of hydrogen-bond acceptors (Lipinski definition) is 14. The van der Waals surface area contributed by atoms with E-state index in [9.17, 15) is 45.6 Å². The van der Waals surface area contributed by atoms with Crippen LogP contribution in [0.3, 0.4) is 0 Å². The van der Waals surface area contributed by atoms with Crippen LogP contribution in [0.5, 0.6) is 23.0 Å². The topological polar surface area (TPSA) is 229 Å². The number of phenols is 3. The van der Waals surface area contributed by atoms with Crippen LogP contribution in [0.25, 0.3) is 22.3 Å². The van der Waals surface area contributed by atoms with E-state index < -0.39 is 78.3 Å². The van der Waals surface area contributed by atoms with E-state index in [2.05, 4.69) is 0 Å². The SMILES string of the molecule is C[C@@H]1O[C@@H](O[C@H]2[C@H](Oc3c(-c4ccc(O)cc4)oc4cc(O)cc(O)c4c3=O)O[C@@H](C)[C@H](O)[C@H]2O)[C@H](O)[C@H](O)[C@H]1O. The summed E-state index contributed by atoms with van der Waals surface area (Å²) in [6, 6.07) is 7.49. The van der Waals surface area contributed by atoms with Gasteiger partial charge in [0.05, 0.1) is 12.2 Å². The second kappa shape index (κ2) is 11.1. The van der Waals surface area contributed by atoms with E-state index >= 15 is 0 Å². The highest BCUT2D eigenvalue weighted by Gasteiger charge is 2.50. The highest BCUT2D eigenvalue weighted by molar-refractivity contribution is 5.88. The fourth-order valence-corrected chi connectivity index (χ4v) is 4.82. The highest BCUT2D eigenvalue weighted by atomic mass is 16.8. The van der Waals surface area contributed by atoms with Crippen molar-refractivity contribution in [2.75, 3.05) is 0 Å². The number of aromatic hydroxyl groups is 3. The molecule has 14 nitrogen and oxygen atoms in total. The number of benzene rings is 2. The van der Waals surface area contributed by atoms with Crippen LogP contribution in [0.15, 0.2) is 45.6 Å². The molecule has 2 fully saturated rings. The number of hydrogen-bond donors (Lipinski definition) is 8. The maximum absolute atomic E-state index is 13.7. The maximum Gasteiger partial charge on any atom is 0.239 e. The minimum Gasteiger partial charge on any atom is -0.508 e. The average Bonchev–Trinajstić information content (AvgIpc) is 2.92. The van der Waals surface area contributed by atoms with Crippen molar-refractivity contribution in [1.29, 1.82) is 0 Å². The first-order valence-electron chi connectivity index (χ1n) is 12.7. The maximum atomic E-state index is 13.7. The van der Waals surface area contributed by atoms with Gasteiger partial charge in [-0.2, -0.15) is 0 Å². The average molecular weight is 579 g/mol. The Morgan fingerprint density at radius 2 is 1.34 bits per heavy atom. The number of rotatable bonds is 5. The van der Waals surface area contributed by atoms with Crippen molar-refractivity contribution < 1.29 is 64.2 Å². The lowest BCUT2D eigenvalue weighted by molar-refractivity contribution is -0.352. The third-order valence-corrected chi connectivity index (χ3v) is 7.17. The molecule has 1 aromatic heterocycles. The number of phenolic OH excluding ortho intramolecular Hbond substituents is 3. The van der Waals surface area contributed by atoms with Gasteiger partial charge in [0.25, 0.3) is 0 Å². The Balaban J connectivity index is 1.59. The first-order chi connectivity index (χ1) is 19.4. The molecule has 14 heteroatoms. The fraction of sp³-hybridized carbons (Fsp3) is 0.444. The van der Waals surface area contributed by atoms with Crippen molar-refractivity contribution in [2.24, 2.45) is 0 Å². The smallest absolute Gasteiger partial charge is 0.239 e. The molecule has 0 amide bonds. The van der Waals surface area contributed by atoms with Gasteiger partial charge in [0.1, 0.15) is 58.7 Å². The summed E-state index contributed by atoms with van der Waals surface area (Å²) >= 11 is 0. The summed E-state index contributed by atoms with van der Waals surface area (Å²) in [5.74, 6) is -1.81. The summed E-state index contributed by atoms with van der Waals surface area (Å²) in [6.45, 7) is 2.84. The summed E-state index contributed by atoms with van der Waals surface area (Å²) in [6.07, 6.45) is -15.0. The molecule has 2 saturated heterocycles. The van der Waals surface area contributed by atoms with Crippen molar-refractivity contribution in [3.05, 3.63) is 46.6 Å². The molecule has 0 bridgehead atoms. The van der Waals surface area contributed by atoms with Crippen molar-refractivity contribution in [2.45, 2.75) is 75.3 Å². The van der Waals surface area contributed by atoms with Gasteiger partial charge in [0.2, 0.25) is 17.5 Å². The molecular weight excluding hydrogens is 548 g/mol. The van der Waals surface area contributed by atoms with E-state index in [0.717, 1.165) is 12.1 Å². The van der Waals surface area contributed by atoms with Crippen LogP contribution >= 0.6 is 0 Å². The molecular formula is C27H30O14. The zero-order valence-electron chi connectivity index (χ0n) is 21.8. The minimum absolute atomic E-state index is 0.0859. The first-order valence-corrected chi connectivity index (χ1v) is 12.7. The van der Waals surface area contributed by atoms with Gasteiger partial charge in [0.15, 0.2) is 18.2 Å². The minimum atomic E-state index is -1.77. The van der Waals surface area contributed by atoms with E-state index in [1.165, 1.54) is 38.1 Å². The summed E-state index contributed by atoms with van der Waals surface area (Å²) in [5.41, 5.74) is -0.855. The van der Waals surface area contributed by atoms with Crippen molar-refractivity contribution in [3.63, 3.8) is 0 Å². The molecule has 0 saturated carbocycles. The van der Waals surface area contributed by atoms with E-state index in [4.69, 9.17) is 23.4 Å². The van der Waals surface area contributed by atoms with Gasteiger partial charge in [-0.1, -0.05) is 0 Å². The Morgan fingerprint density at radius 1 is 0.732 bits per heavy atom. The quantitative estimate of drug-likeness (QED) is 0.193. The molecule has 0 unspecified atom stereocenters. The van der Waals surface area contributed by atoms with Crippen LogP contribution in [-0.2, 0) is 14.2 Å². The first kappa shape index (κ1) is 29.0. The van der Waals surface area contributed by atoms with Gasteiger partial charge < -0.3 is 64.2 Å². The van der Waals surface area contributed by atoms with Crippen LogP contribution in [0.1, 0.15) is 13.8 Å². The molecule has 3 heterocycles. The van der Waals surface area contributed by atoms with Gasteiger partial charge in [-0.3, -0.25) is 4.79 Å². The van der Waals surface area contributed by atoms with Crippen molar-refractivity contribution in [3.8, 4) is 34.3 Å². The van der Waals surface area contributed by atoms with Crippen molar-refractivity contribution >= 4 is 11.0 Å². The lowest BCUT2D eigenvalue weighted by Crippen LogP contribution is -2.63. The lowest BCUT2D eigenvalue weighted by Gasteiger charge is -2.45. The molecule has 8 N–H and O–H groups in total. The van der Waals surface area contributed by atoms with E-state index in [0.29, 0.717) is 0 Å². The lowest BCUT2D eigenvalue weighted by atomic mass is 9.98. The van der Waals surface area contributed by atoms with Crippen LogP contribution < -0.4 is 10.2 Å². The molecule has 222 valence electrons. The van der Waals surface area contributed by atoms with E-state index in [-0.39, 0.29) is 33.8 Å². The summed E-state index contributed by atoms with van der Waals surface area (Å²) in [7, 11) is 0. The second-order valence-corrected chi connectivity index (χ2v) is 10.1. The predicted octanol–water partition coefficient (Wildman–Crippen LogP) is -0.365. The van der Waals surface area contributed by atoms with E-state index in [1.54, 1.807) is 0 Å². The van der Waals surface area contributed by atoms with Crippen LogP contribution in [0.4, 0.5) is 0 Å². The molecule has 3 aromatic rings. The molecule has 0 aliphatic carbocycles. The number of ether oxygens (including phenoxy) is 4. The Bertz CT molecular complexity index is 1460. The molecule has 41 heavy (non-hydrogen) atoms. The molecule has 2 aliphatic heterocycles. The molecule has 2 aliphatic rings. The molecule has 2 aromatic carbocycles. The Labute approximate surface area is 231 Å². The molecule has 0 radical (unpaired) electrons. The van der Waals surface area contributed by atoms with Crippen LogP contribution in [0.2, 0.25) is 0 Å². The fourth-order valence-electron chi connectivity index (χ4n) is 4.82. The third kappa shape index (κ3) is 5.31. The third-order valence-electron chi connectivity index (χ3n) is 7.17. The van der Waals surface area contributed by atoms with Gasteiger partial charge in [-0.25, -0.2) is 0 Å². The van der Waals surface area contributed by atoms with E-state index in [1.807, 2.05) is 0 Å². The Morgan fingerprint density at radius 3 is 2.00 bits per heavy atom. The zero-order chi connectivity index (χ0) is 29.7. The number of fused-ring (bicyclic) bond motifs is 1. The molecule has 10 atom stereocenters. The Hall–Kier alpha value is -3.47. The molecule has 0 spiro atoms. The largest absolute Gasteiger partial charge is 0.508 e. The monoisotopic (exact) mass is 578 g/mol. The second-order valence-electron chi connectivity index (χ2n) is 10.1. The standard InChI is InChI=1S/C27H30O14/c1-9-17(31)20(34)22(36)26(37-9)41-25-21(35)18(32)10(2)38-27(25)40-24-19(33)16-14(30)7-13(29)8-15(16)39-23(24)11-3-5-12(28)6-4-11/h3-10,17-18,20-22,25-32,34-36H,1-2H3/t9-,10-,17-,18-,20+,21+,22+,25+,26-,27-/m0/s1.